The second-order valence-corrected chi connectivity index (χ2v) is 7.49. The molecule has 0 radical (unpaired) electrons. The highest BCUT2D eigenvalue weighted by molar-refractivity contribution is 6.11. The van der Waals surface area contributed by atoms with Crippen LogP contribution in [0.15, 0.2) is 54.7 Å². The predicted octanol–water partition coefficient (Wildman–Crippen LogP) is 5.05. The molecule has 0 N–H and O–H groups in total. The van der Waals surface area contributed by atoms with Crippen LogP contribution < -0.4 is 4.57 Å². The lowest BCUT2D eigenvalue weighted by molar-refractivity contribution is -0.617. The van der Waals surface area contributed by atoms with E-state index in [2.05, 4.69) is 85.3 Å². The van der Waals surface area contributed by atoms with Crippen LogP contribution >= 0.6 is 0 Å². The van der Waals surface area contributed by atoms with Crippen molar-refractivity contribution < 1.29 is 4.57 Å². The Morgan fingerprint density at radius 1 is 1.00 bits per heavy atom. The Morgan fingerprint density at radius 2 is 1.81 bits per heavy atom. The highest BCUT2D eigenvalue weighted by Gasteiger charge is 2.24. The van der Waals surface area contributed by atoms with Crippen LogP contribution in [0.25, 0.3) is 38.5 Å². The quantitative estimate of drug-likeness (QED) is 0.309. The molecule has 0 aliphatic carbocycles. The Morgan fingerprint density at radius 3 is 2.62 bits per heavy atom. The molecular formula is C23H22N3+. The van der Waals surface area contributed by atoms with Crippen LogP contribution in [0.2, 0.25) is 0 Å². The van der Waals surface area contributed by atoms with Gasteiger partial charge >= 0.3 is 0 Å². The van der Waals surface area contributed by atoms with Gasteiger partial charge in [0.2, 0.25) is 0 Å². The van der Waals surface area contributed by atoms with Crippen LogP contribution in [-0.4, -0.2) is 9.38 Å². The van der Waals surface area contributed by atoms with Crippen molar-refractivity contribution in [3.05, 3.63) is 65.9 Å². The van der Waals surface area contributed by atoms with Crippen molar-refractivity contribution in [3.63, 3.8) is 0 Å². The van der Waals surface area contributed by atoms with Crippen molar-refractivity contribution in [2.45, 2.75) is 26.7 Å². The third kappa shape index (κ3) is 1.88. The van der Waals surface area contributed by atoms with Gasteiger partial charge in [-0.3, -0.25) is 4.98 Å². The monoisotopic (exact) mass is 340 g/mol. The van der Waals surface area contributed by atoms with E-state index in [1.165, 1.54) is 44.1 Å². The molecule has 0 bridgehead atoms. The van der Waals surface area contributed by atoms with Crippen LogP contribution in [-0.2, 0) is 7.05 Å². The molecule has 5 rings (SSSR count). The van der Waals surface area contributed by atoms with Crippen molar-refractivity contribution in [3.8, 4) is 0 Å². The number of benzene rings is 2. The molecular weight excluding hydrogens is 318 g/mol. The topological polar surface area (TPSA) is 21.2 Å². The molecule has 3 heteroatoms. The summed E-state index contributed by atoms with van der Waals surface area (Å²) < 4.78 is 4.72. The molecule has 0 amide bonds. The number of rotatable bonds is 1. The maximum absolute atomic E-state index is 4.75. The van der Waals surface area contributed by atoms with Crippen molar-refractivity contribution in [1.29, 1.82) is 0 Å². The molecule has 0 aliphatic rings. The average molecular weight is 340 g/mol. The van der Waals surface area contributed by atoms with Crippen LogP contribution in [0.3, 0.4) is 0 Å². The van der Waals surface area contributed by atoms with Crippen molar-refractivity contribution in [2.75, 3.05) is 0 Å². The van der Waals surface area contributed by atoms with E-state index in [1.807, 2.05) is 6.20 Å². The highest BCUT2D eigenvalue weighted by atomic mass is 15.1. The van der Waals surface area contributed by atoms with Crippen LogP contribution in [0, 0.1) is 6.92 Å². The molecule has 0 saturated carbocycles. The van der Waals surface area contributed by atoms with E-state index in [0.717, 1.165) is 5.52 Å². The van der Waals surface area contributed by atoms with Gasteiger partial charge in [0.15, 0.2) is 11.0 Å². The number of hydrogen-bond donors (Lipinski definition) is 0. The second-order valence-electron chi connectivity index (χ2n) is 7.49. The van der Waals surface area contributed by atoms with Gasteiger partial charge in [-0.15, -0.1) is 0 Å². The zero-order chi connectivity index (χ0) is 18.0. The number of aryl methyl sites for hydroxylation is 2. The molecule has 26 heavy (non-hydrogen) atoms. The minimum absolute atomic E-state index is 0.505. The molecule has 3 aromatic heterocycles. The summed E-state index contributed by atoms with van der Waals surface area (Å²) in [4.78, 5) is 4.75. The molecule has 0 unspecified atom stereocenters. The summed E-state index contributed by atoms with van der Waals surface area (Å²) in [5, 5.41) is 2.43. The van der Waals surface area contributed by atoms with Gasteiger partial charge in [-0.2, -0.15) is 4.40 Å². The summed E-state index contributed by atoms with van der Waals surface area (Å²) in [6, 6.07) is 17.6. The standard InChI is InChI=1S/C23H22N3/c1-14(2)16-9-10-19-20(13-16)26-18-8-6-5-7-17(18)22-21(23(26)25(19)4)15(3)11-12-24-22/h5-14H,1-4H3/q+1. The zero-order valence-corrected chi connectivity index (χ0v) is 15.6. The van der Waals surface area contributed by atoms with Gasteiger partial charge < -0.3 is 0 Å². The number of nitrogens with zero attached hydrogens (tertiary/aromatic N) is 3. The smallest absolute Gasteiger partial charge is 0.255 e. The number of aromatic nitrogens is 3. The van der Waals surface area contributed by atoms with Gasteiger partial charge in [0.1, 0.15) is 5.52 Å². The molecule has 128 valence electrons. The van der Waals surface area contributed by atoms with E-state index in [9.17, 15) is 0 Å². The number of pyridine rings is 2. The van der Waals surface area contributed by atoms with E-state index in [0.29, 0.717) is 5.92 Å². The van der Waals surface area contributed by atoms with Crippen LogP contribution in [0.5, 0.6) is 0 Å². The van der Waals surface area contributed by atoms with Crippen LogP contribution in [0.1, 0.15) is 30.9 Å². The SMILES string of the molecule is Cc1ccnc2c3ccccc3n3c4cc(C(C)C)ccc4[n+](C)c3c12. The molecule has 0 aliphatic heterocycles. The normalized spacial score (nSPS) is 12.2. The predicted molar refractivity (Wildman–Crippen MR) is 108 cm³/mol. The third-order valence-electron chi connectivity index (χ3n) is 5.58. The molecule has 3 heterocycles. The summed E-state index contributed by atoms with van der Waals surface area (Å²) in [6.45, 7) is 6.67. The summed E-state index contributed by atoms with van der Waals surface area (Å²) in [5.74, 6) is 0.505. The number of para-hydroxylation sites is 1. The molecule has 3 nitrogen and oxygen atoms in total. The summed E-state index contributed by atoms with van der Waals surface area (Å²) in [7, 11) is 2.16. The maximum atomic E-state index is 4.75. The number of imidazole rings is 1. The first-order valence-electron chi connectivity index (χ1n) is 9.18. The first-order valence-corrected chi connectivity index (χ1v) is 9.18. The molecule has 2 aromatic carbocycles. The Labute approximate surface area is 152 Å². The average Bonchev–Trinajstić information content (AvgIpc) is 2.94. The second kappa shape index (κ2) is 5.28. The zero-order valence-electron chi connectivity index (χ0n) is 15.6. The highest BCUT2D eigenvalue weighted by Crippen LogP contribution is 2.32. The molecule has 0 atom stereocenters. The fraction of sp³-hybridized carbons (Fsp3) is 0.217. The molecule has 0 saturated heterocycles. The van der Waals surface area contributed by atoms with Gasteiger partial charge in [-0.05, 0) is 54.3 Å². The minimum Gasteiger partial charge on any atom is -0.255 e. The Kier molecular flexibility index (Phi) is 3.11. The number of hydrogen-bond acceptors (Lipinski definition) is 1. The summed E-state index contributed by atoms with van der Waals surface area (Å²) in [6.07, 6.45) is 1.92. The van der Waals surface area contributed by atoms with Gasteiger partial charge in [-0.25, -0.2) is 4.57 Å². The maximum Gasteiger partial charge on any atom is 0.297 e. The van der Waals surface area contributed by atoms with E-state index in [1.54, 1.807) is 0 Å². The Hall–Kier alpha value is -2.94. The van der Waals surface area contributed by atoms with Crippen molar-refractivity contribution >= 4 is 38.5 Å². The lowest BCUT2D eigenvalue weighted by Crippen LogP contribution is -2.27. The lowest BCUT2D eigenvalue weighted by atomic mass is 10.0. The van der Waals surface area contributed by atoms with E-state index < -0.39 is 0 Å². The lowest BCUT2D eigenvalue weighted by Gasteiger charge is -2.06. The first-order chi connectivity index (χ1) is 12.6. The minimum atomic E-state index is 0.505. The third-order valence-corrected chi connectivity index (χ3v) is 5.58. The fourth-order valence-corrected chi connectivity index (χ4v) is 4.18. The van der Waals surface area contributed by atoms with E-state index in [4.69, 9.17) is 4.98 Å². The number of fused-ring (bicyclic) bond motifs is 8. The van der Waals surface area contributed by atoms with Gasteiger partial charge in [-0.1, -0.05) is 32.0 Å². The van der Waals surface area contributed by atoms with Gasteiger partial charge in [0.25, 0.3) is 5.65 Å². The Bertz CT molecular complexity index is 1330. The van der Waals surface area contributed by atoms with Gasteiger partial charge in [0.05, 0.1) is 18.0 Å². The van der Waals surface area contributed by atoms with Gasteiger partial charge in [0, 0.05) is 11.6 Å². The summed E-state index contributed by atoms with van der Waals surface area (Å²) in [5.41, 5.74) is 8.62. The van der Waals surface area contributed by atoms with Crippen LogP contribution in [0.4, 0.5) is 0 Å². The van der Waals surface area contributed by atoms with Crippen molar-refractivity contribution in [1.82, 2.24) is 9.38 Å². The first kappa shape index (κ1) is 15.3. The molecule has 5 aromatic rings. The molecule has 0 spiro atoms. The summed E-state index contributed by atoms with van der Waals surface area (Å²) >= 11 is 0. The van der Waals surface area contributed by atoms with Crippen molar-refractivity contribution in [2.24, 2.45) is 7.05 Å². The van der Waals surface area contributed by atoms with E-state index in [-0.39, 0.29) is 0 Å². The largest absolute Gasteiger partial charge is 0.297 e. The fourth-order valence-electron chi connectivity index (χ4n) is 4.18. The van der Waals surface area contributed by atoms with E-state index >= 15 is 0 Å². The molecule has 0 fully saturated rings. The Balaban J connectivity index is 2.18.